The Kier molecular flexibility index (Phi) is 4.54. The molecular formula is C20H23N3O2S. The number of nitrogens with zero attached hydrogens (tertiary/aromatic N) is 2. The molecule has 1 aliphatic rings. The lowest BCUT2D eigenvalue weighted by Gasteiger charge is -2.22. The average Bonchev–Trinajstić information content (AvgIpc) is 3.29. The van der Waals surface area contributed by atoms with E-state index in [1.165, 1.54) is 5.56 Å². The van der Waals surface area contributed by atoms with Crippen LogP contribution in [0.3, 0.4) is 0 Å². The van der Waals surface area contributed by atoms with Crippen molar-refractivity contribution < 1.29 is 8.42 Å². The molecule has 1 unspecified atom stereocenters. The highest BCUT2D eigenvalue weighted by Crippen LogP contribution is 2.36. The van der Waals surface area contributed by atoms with Crippen LogP contribution in [0.2, 0.25) is 0 Å². The second kappa shape index (κ2) is 6.85. The van der Waals surface area contributed by atoms with E-state index in [9.17, 15) is 8.42 Å². The van der Waals surface area contributed by atoms with Gasteiger partial charge in [-0.2, -0.15) is 4.31 Å². The molecule has 26 heavy (non-hydrogen) atoms. The van der Waals surface area contributed by atoms with Crippen molar-refractivity contribution in [1.29, 1.82) is 0 Å². The molecule has 1 aliphatic heterocycles. The van der Waals surface area contributed by atoms with Gasteiger partial charge in [0.1, 0.15) is 5.82 Å². The minimum atomic E-state index is -3.53. The number of imidazole rings is 1. The lowest BCUT2D eigenvalue weighted by Crippen LogP contribution is -2.31. The van der Waals surface area contributed by atoms with Crippen LogP contribution >= 0.6 is 0 Å². The van der Waals surface area contributed by atoms with Crippen LogP contribution in [-0.2, 0) is 16.4 Å². The van der Waals surface area contributed by atoms with E-state index in [0.717, 1.165) is 42.5 Å². The van der Waals surface area contributed by atoms with Crippen LogP contribution in [0.15, 0.2) is 53.4 Å². The number of benzene rings is 2. The van der Waals surface area contributed by atoms with E-state index in [2.05, 4.69) is 16.9 Å². The smallest absolute Gasteiger partial charge is 0.243 e. The molecule has 136 valence electrons. The van der Waals surface area contributed by atoms with E-state index >= 15 is 0 Å². The summed E-state index contributed by atoms with van der Waals surface area (Å²) in [6, 6.07) is 14.9. The Morgan fingerprint density at radius 3 is 2.65 bits per heavy atom. The van der Waals surface area contributed by atoms with Crippen LogP contribution in [0.1, 0.15) is 43.6 Å². The van der Waals surface area contributed by atoms with Crippen molar-refractivity contribution in [2.45, 2.75) is 43.5 Å². The predicted molar refractivity (Wildman–Crippen MR) is 102 cm³/mol. The third-order valence-electron chi connectivity index (χ3n) is 5.00. The summed E-state index contributed by atoms with van der Waals surface area (Å²) in [7, 11) is -3.53. The van der Waals surface area contributed by atoms with Gasteiger partial charge in [0.05, 0.1) is 22.0 Å². The first kappa shape index (κ1) is 17.2. The molecule has 1 N–H and O–H groups in total. The standard InChI is InChI=1S/C20H23N3O2S/c1-2-6-15-10-12-16(13-11-15)26(24,25)23-14-5-9-19(23)20-21-17-7-3-4-8-18(17)22-20/h3-4,7-8,10-13,19H,2,5-6,9,14H2,1H3,(H,21,22). The zero-order chi connectivity index (χ0) is 18.1. The van der Waals surface area contributed by atoms with Gasteiger partial charge in [0, 0.05) is 6.54 Å². The molecule has 1 atom stereocenters. The topological polar surface area (TPSA) is 66.1 Å². The molecule has 0 spiro atoms. The number of H-pyrrole nitrogens is 1. The Labute approximate surface area is 154 Å². The summed E-state index contributed by atoms with van der Waals surface area (Å²) >= 11 is 0. The number of hydrogen-bond acceptors (Lipinski definition) is 3. The molecule has 5 nitrogen and oxygen atoms in total. The third kappa shape index (κ3) is 3.04. The summed E-state index contributed by atoms with van der Waals surface area (Å²) in [5.74, 6) is 0.731. The molecule has 2 aromatic carbocycles. The Hall–Kier alpha value is -2.18. The molecule has 0 aliphatic carbocycles. The summed E-state index contributed by atoms with van der Waals surface area (Å²) < 4.78 is 28.0. The molecular weight excluding hydrogens is 346 g/mol. The van der Waals surface area contributed by atoms with E-state index in [-0.39, 0.29) is 6.04 Å². The number of para-hydroxylation sites is 2. The quantitative estimate of drug-likeness (QED) is 0.738. The number of aryl methyl sites for hydroxylation is 1. The van der Waals surface area contributed by atoms with Crippen LogP contribution in [0.25, 0.3) is 11.0 Å². The first-order chi connectivity index (χ1) is 12.6. The fourth-order valence-corrected chi connectivity index (χ4v) is 5.34. The second-order valence-electron chi connectivity index (χ2n) is 6.81. The highest BCUT2D eigenvalue weighted by atomic mass is 32.2. The van der Waals surface area contributed by atoms with Crippen molar-refractivity contribution in [3.05, 3.63) is 59.9 Å². The second-order valence-corrected chi connectivity index (χ2v) is 8.70. The lowest BCUT2D eigenvalue weighted by molar-refractivity contribution is 0.385. The zero-order valence-electron chi connectivity index (χ0n) is 14.9. The fraction of sp³-hybridized carbons (Fsp3) is 0.350. The molecule has 0 amide bonds. The Balaban J connectivity index is 1.66. The molecule has 3 aromatic rings. The number of hydrogen-bond donors (Lipinski definition) is 1. The largest absolute Gasteiger partial charge is 0.341 e. The van der Waals surface area contributed by atoms with Gasteiger partial charge in [-0.15, -0.1) is 0 Å². The molecule has 0 saturated carbocycles. The lowest BCUT2D eigenvalue weighted by atomic mass is 10.1. The van der Waals surface area contributed by atoms with Crippen LogP contribution in [0.4, 0.5) is 0 Å². The highest BCUT2D eigenvalue weighted by Gasteiger charge is 2.37. The van der Waals surface area contributed by atoms with Gasteiger partial charge in [0.25, 0.3) is 0 Å². The number of aromatic amines is 1. The van der Waals surface area contributed by atoms with Crippen LogP contribution in [0, 0.1) is 0 Å². The van der Waals surface area contributed by atoms with E-state index < -0.39 is 10.0 Å². The van der Waals surface area contributed by atoms with Crippen molar-refractivity contribution >= 4 is 21.1 Å². The van der Waals surface area contributed by atoms with Gasteiger partial charge in [-0.1, -0.05) is 37.6 Å². The van der Waals surface area contributed by atoms with E-state index in [1.54, 1.807) is 16.4 Å². The van der Waals surface area contributed by atoms with Crippen molar-refractivity contribution in [2.75, 3.05) is 6.54 Å². The summed E-state index contributed by atoms with van der Waals surface area (Å²) in [6.45, 7) is 2.65. The van der Waals surface area contributed by atoms with Gasteiger partial charge in [-0.05, 0) is 49.1 Å². The Bertz CT molecular complexity index is 976. The number of sulfonamides is 1. The van der Waals surface area contributed by atoms with E-state index in [4.69, 9.17) is 0 Å². The first-order valence-electron chi connectivity index (χ1n) is 9.15. The van der Waals surface area contributed by atoms with Gasteiger partial charge < -0.3 is 4.98 Å². The third-order valence-corrected chi connectivity index (χ3v) is 6.92. The Morgan fingerprint density at radius 2 is 1.92 bits per heavy atom. The van der Waals surface area contributed by atoms with E-state index in [1.807, 2.05) is 36.4 Å². The fourth-order valence-electron chi connectivity index (χ4n) is 3.68. The van der Waals surface area contributed by atoms with Crippen molar-refractivity contribution in [3.63, 3.8) is 0 Å². The first-order valence-corrected chi connectivity index (χ1v) is 10.6. The summed E-state index contributed by atoms with van der Waals surface area (Å²) in [5.41, 5.74) is 2.98. The maximum atomic E-state index is 13.2. The summed E-state index contributed by atoms with van der Waals surface area (Å²) in [5, 5.41) is 0. The van der Waals surface area contributed by atoms with Crippen molar-refractivity contribution in [3.8, 4) is 0 Å². The van der Waals surface area contributed by atoms with Crippen LogP contribution in [0.5, 0.6) is 0 Å². The molecule has 1 fully saturated rings. The number of aromatic nitrogens is 2. The number of fused-ring (bicyclic) bond motifs is 1. The van der Waals surface area contributed by atoms with Crippen molar-refractivity contribution in [2.24, 2.45) is 0 Å². The zero-order valence-corrected chi connectivity index (χ0v) is 15.7. The molecule has 0 bridgehead atoms. The predicted octanol–water partition coefficient (Wildman–Crippen LogP) is 4.04. The SMILES string of the molecule is CCCc1ccc(S(=O)(=O)N2CCCC2c2nc3ccccc3[nH]2)cc1. The van der Waals surface area contributed by atoms with Crippen LogP contribution in [-0.4, -0.2) is 29.2 Å². The maximum Gasteiger partial charge on any atom is 0.243 e. The molecule has 1 aromatic heterocycles. The summed E-state index contributed by atoms with van der Waals surface area (Å²) in [6.07, 6.45) is 3.64. The van der Waals surface area contributed by atoms with E-state index in [0.29, 0.717) is 11.4 Å². The van der Waals surface area contributed by atoms with Crippen LogP contribution < -0.4 is 0 Å². The number of rotatable bonds is 5. The molecule has 0 radical (unpaired) electrons. The normalized spacial score (nSPS) is 18.6. The van der Waals surface area contributed by atoms with Crippen molar-refractivity contribution in [1.82, 2.24) is 14.3 Å². The van der Waals surface area contributed by atoms with Gasteiger partial charge in [0.2, 0.25) is 10.0 Å². The molecule has 2 heterocycles. The van der Waals surface area contributed by atoms with Gasteiger partial charge in [-0.25, -0.2) is 13.4 Å². The summed E-state index contributed by atoms with van der Waals surface area (Å²) in [4.78, 5) is 8.29. The molecule has 4 rings (SSSR count). The Morgan fingerprint density at radius 1 is 1.15 bits per heavy atom. The minimum absolute atomic E-state index is 0.234. The van der Waals surface area contributed by atoms with Gasteiger partial charge in [0.15, 0.2) is 0 Å². The monoisotopic (exact) mass is 369 g/mol. The van der Waals surface area contributed by atoms with Gasteiger partial charge >= 0.3 is 0 Å². The molecule has 1 saturated heterocycles. The maximum absolute atomic E-state index is 13.2. The number of nitrogens with one attached hydrogen (secondary N) is 1. The van der Waals surface area contributed by atoms with Gasteiger partial charge in [-0.3, -0.25) is 0 Å². The average molecular weight is 369 g/mol. The minimum Gasteiger partial charge on any atom is -0.341 e. The molecule has 6 heteroatoms. The highest BCUT2D eigenvalue weighted by molar-refractivity contribution is 7.89.